The van der Waals surface area contributed by atoms with Crippen LogP contribution in [0.1, 0.15) is 35.2 Å². The number of ether oxygens (including phenoxy) is 1. The second-order valence-electron chi connectivity index (χ2n) is 5.97. The lowest BCUT2D eigenvalue weighted by molar-refractivity contribution is 0.0190. The Balaban J connectivity index is 1.79. The molecule has 20 heavy (non-hydrogen) atoms. The van der Waals surface area contributed by atoms with Gasteiger partial charge in [0.05, 0.1) is 0 Å². The maximum absolute atomic E-state index is 12.5. The molecule has 1 spiro atoms. The monoisotopic (exact) mass is 276 g/mol. The molecule has 2 aliphatic rings. The van der Waals surface area contributed by atoms with Crippen molar-refractivity contribution in [1.82, 2.24) is 9.88 Å². The highest BCUT2D eigenvalue weighted by Gasteiger charge is 2.41. The van der Waals surface area contributed by atoms with Crippen molar-refractivity contribution in [3.05, 3.63) is 33.7 Å². The number of H-pyrrole nitrogens is 1. The molecular formula is C15H20N2O3. The van der Waals surface area contributed by atoms with Crippen LogP contribution in [0.5, 0.6) is 0 Å². The number of nitrogens with one attached hydrogen (secondary N) is 1. The maximum Gasteiger partial charge on any atom is 0.259 e. The smallest absolute Gasteiger partial charge is 0.259 e. The van der Waals surface area contributed by atoms with Gasteiger partial charge in [0.1, 0.15) is 5.56 Å². The van der Waals surface area contributed by atoms with Gasteiger partial charge in [0.2, 0.25) is 0 Å². The maximum atomic E-state index is 12.5. The minimum absolute atomic E-state index is 0.140. The van der Waals surface area contributed by atoms with E-state index in [2.05, 4.69) is 4.98 Å². The van der Waals surface area contributed by atoms with Gasteiger partial charge in [-0.1, -0.05) is 0 Å². The van der Waals surface area contributed by atoms with Crippen molar-refractivity contribution in [2.75, 3.05) is 26.3 Å². The highest BCUT2D eigenvalue weighted by molar-refractivity contribution is 5.94. The number of hydrogen-bond acceptors (Lipinski definition) is 3. The summed E-state index contributed by atoms with van der Waals surface area (Å²) in [5.41, 5.74) is 0.886. The molecule has 2 fully saturated rings. The lowest BCUT2D eigenvalue weighted by Crippen LogP contribution is -2.37. The van der Waals surface area contributed by atoms with Crippen LogP contribution in [0.15, 0.2) is 17.2 Å². The lowest BCUT2D eigenvalue weighted by atomic mass is 9.80. The van der Waals surface area contributed by atoms with E-state index in [9.17, 15) is 9.59 Å². The van der Waals surface area contributed by atoms with Gasteiger partial charge in [0, 0.05) is 44.3 Å². The van der Waals surface area contributed by atoms with Crippen LogP contribution < -0.4 is 5.43 Å². The van der Waals surface area contributed by atoms with E-state index in [1.165, 1.54) is 6.20 Å². The molecule has 1 aromatic rings. The van der Waals surface area contributed by atoms with Crippen molar-refractivity contribution in [2.45, 2.75) is 26.2 Å². The van der Waals surface area contributed by atoms with Gasteiger partial charge in [-0.25, -0.2) is 0 Å². The molecule has 0 radical (unpaired) electrons. The number of carbonyl (C=O) groups excluding carboxylic acids is 1. The fraction of sp³-hybridized carbons (Fsp3) is 0.600. The zero-order valence-corrected chi connectivity index (χ0v) is 11.8. The summed E-state index contributed by atoms with van der Waals surface area (Å²) in [6, 6.07) is 0. The summed E-state index contributed by atoms with van der Waals surface area (Å²) in [4.78, 5) is 29.3. The first-order valence-corrected chi connectivity index (χ1v) is 7.16. The van der Waals surface area contributed by atoms with Crippen LogP contribution in [0.3, 0.4) is 0 Å². The van der Waals surface area contributed by atoms with Crippen molar-refractivity contribution in [1.29, 1.82) is 0 Å². The molecule has 0 saturated carbocycles. The molecule has 0 unspecified atom stereocenters. The molecule has 5 nitrogen and oxygen atoms in total. The van der Waals surface area contributed by atoms with Crippen molar-refractivity contribution in [2.24, 2.45) is 5.41 Å². The Morgan fingerprint density at radius 2 is 2.05 bits per heavy atom. The van der Waals surface area contributed by atoms with Crippen molar-refractivity contribution in [3.63, 3.8) is 0 Å². The lowest BCUT2D eigenvalue weighted by Gasteiger charge is -2.33. The highest BCUT2D eigenvalue weighted by atomic mass is 16.5. The van der Waals surface area contributed by atoms with E-state index >= 15 is 0 Å². The molecule has 0 bridgehead atoms. The minimum Gasteiger partial charge on any atom is -0.381 e. The van der Waals surface area contributed by atoms with E-state index in [1.807, 2.05) is 4.90 Å². The first-order chi connectivity index (χ1) is 9.61. The predicted molar refractivity (Wildman–Crippen MR) is 74.8 cm³/mol. The van der Waals surface area contributed by atoms with Crippen molar-refractivity contribution in [3.8, 4) is 0 Å². The Hall–Kier alpha value is -1.62. The summed E-state index contributed by atoms with van der Waals surface area (Å²) in [7, 11) is 0. The van der Waals surface area contributed by atoms with E-state index in [4.69, 9.17) is 4.74 Å². The number of likely N-dealkylation sites (tertiary alicyclic amines) is 1. The fourth-order valence-corrected chi connectivity index (χ4v) is 3.24. The zero-order chi connectivity index (χ0) is 14.2. The zero-order valence-electron chi connectivity index (χ0n) is 11.8. The number of nitrogens with zero attached hydrogens (tertiary/aromatic N) is 1. The third kappa shape index (κ3) is 2.26. The van der Waals surface area contributed by atoms with Crippen LogP contribution in [-0.4, -0.2) is 42.1 Å². The van der Waals surface area contributed by atoms with E-state index in [0.29, 0.717) is 5.56 Å². The van der Waals surface area contributed by atoms with Crippen LogP contribution in [0.25, 0.3) is 0 Å². The van der Waals surface area contributed by atoms with Crippen molar-refractivity contribution < 1.29 is 9.53 Å². The molecule has 0 aromatic carbocycles. The second-order valence-corrected chi connectivity index (χ2v) is 5.97. The van der Waals surface area contributed by atoms with E-state index < -0.39 is 0 Å². The number of hydrogen-bond donors (Lipinski definition) is 1. The summed E-state index contributed by atoms with van der Waals surface area (Å²) in [5.74, 6) is -0.140. The van der Waals surface area contributed by atoms with Crippen LogP contribution in [-0.2, 0) is 4.74 Å². The number of carbonyl (C=O) groups is 1. The van der Waals surface area contributed by atoms with Gasteiger partial charge < -0.3 is 14.6 Å². The molecule has 1 N–H and O–H groups in total. The van der Waals surface area contributed by atoms with E-state index in [-0.39, 0.29) is 22.3 Å². The van der Waals surface area contributed by atoms with Gasteiger partial charge in [-0.3, -0.25) is 9.59 Å². The SMILES string of the molecule is Cc1c[nH]cc(C(=O)N2CCC3(CCOCC3)C2)c1=O. The molecule has 3 rings (SSSR count). The van der Waals surface area contributed by atoms with E-state index in [0.717, 1.165) is 45.6 Å². The Labute approximate surface area is 117 Å². The Morgan fingerprint density at radius 3 is 2.80 bits per heavy atom. The molecule has 0 aliphatic carbocycles. The second kappa shape index (κ2) is 5.05. The van der Waals surface area contributed by atoms with Gasteiger partial charge in [0.25, 0.3) is 5.91 Å². The molecule has 1 aromatic heterocycles. The van der Waals surface area contributed by atoms with Crippen LogP contribution in [0.2, 0.25) is 0 Å². The molecule has 5 heteroatoms. The molecular weight excluding hydrogens is 256 g/mol. The van der Waals surface area contributed by atoms with Gasteiger partial charge >= 0.3 is 0 Å². The predicted octanol–water partition coefficient (Wildman–Crippen LogP) is 1.33. The fourth-order valence-electron chi connectivity index (χ4n) is 3.24. The number of aromatic nitrogens is 1. The summed E-state index contributed by atoms with van der Waals surface area (Å²) >= 11 is 0. The summed E-state index contributed by atoms with van der Waals surface area (Å²) in [6.07, 6.45) is 6.20. The van der Waals surface area contributed by atoms with Crippen LogP contribution in [0.4, 0.5) is 0 Å². The summed E-state index contributed by atoms with van der Waals surface area (Å²) in [6.45, 7) is 4.79. The third-order valence-electron chi connectivity index (χ3n) is 4.64. The van der Waals surface area contributed by atoms with Gasteiger partial charge in [-0.2, -0.15) is 0 Å². The average molecular weight is 276 g/mol. The first-order valence-electron chi connectivity index (χ1n) is 7.16. The van der Waals surface area contributed by atoms with Crippen LogP contribution >= 0.6 is 0 Å². The summed E-state index contributed by atoms with van der Waals surface area (Å²) < 4.78 is 5.41. The minimum atomic E-state index is -0.165. The van der Waals surface area contributed by atoms with Crippen molar-refractivity contribution >= 4 is 5.91 Å². The molecule has 1 amide bonds. The number of rotatable bonds is 1. The first kappa shape index (κ1) is 13.4. The topological polar surface area (TPSA) is 62.4 Å². The number of aryl methyl sites for hydroxylation is 1. The molecule has 2 aliphatic heterocycles. The van der Waals surface area contributed by atoms with E-state index in [1.54, 1.807) is 13.1 Å². The summed E-state index contributed by atoms with van der Waals surface area (Å²) in [5, 5.41) is 0. The average Bonchev–Trinajstić information content (AvgIpc) is 2.86. The van der Waals surface area contributed by atoms with Crippen LogP contribution in [0, 0.1) is 12.3 Å². The Morgan fingerprint density at radius 1 is 1.30 bits per heavy atom. The van der Waals surface area contributed by atoms with Gasteiger partial charge in [-0.05, 0) is 31.6 Å². The Kier molecular flexibility index (Phi) is 3.38. The Bertz CT molecular complexity index is 573. The standard InChI is InChI=1S/C15H20N2O3/c1-11-8-16-9-12(13(11)18)14(19)17-5-2-15(10-17)3-6-20-7-4-15/h8-9H,2-7,10H2,1H3,(H,16,18). The highest BCUT2D eigenvalue weighted by Crippen LogP contribution is 2.39. The quantitative estimate of drug-likeness (QED) is 0.841. The number of amides is 1. The van der Waals surface area contributed by atoms with Gasteiger partial charge in [0.15, 0.2) is 5.43 Å². The number of aromatic amines is 1. The molecule has 3 heterocycles. The third-order valence-corrected chi connectivity index (χ3v) is 4.64. The number of pyridine rings is 1. The molecule has 0 atom stereocenters. The molecule has 108 valence electrons. The molecule has 2 saturated heterocycles. The normalized spacial score (nSPS) is 21.4. The van der Waals surface area contributed by atoms with Gasteiger partial charge in [-0.15, -0.1) is 0 Å². The largest absolute Gasteiger partial charge is 0.381 e.